The van der Waals surface area contributed by atoms with Gasteiger partial charge in [-0.2, -0.15) is 0 Å². The molecule has 184 valence electrons. The fourth-order valence-electron chi connectivity index (χ4n) is 5.72. The van der Waals surface area contributed by atoms with Gasteiger partial charge in [-0.15, -0.1) is 0 Å². The Balaban J connectivity index is 1.18. The number of piperidine rings is 4. The standard InChI is InChI=1S/C25H32N8O2/c1-32-6-2-16(3-7-32)23(34)28-18-11-19-17(12-26-22(19)27-13-18)10-20-24(35)31-25(29-20)30-21-14-33-8-4-15(21)5-9-33/h10-13,15-16,21H,2-9,14H2,1H3,(H,26,27)(H,28,34)(H2,29,30,31,35)/b20-10+. The summed E-state index contributed by atoms with van der Waals surface area (Å²) in [6, 6.07) is 2.23. The van der Waals surface area contributed by atoms with Crippen LogP contribution in [0, 0.1) is 11.8 Å². The lowest BCUT2D eigenvalue weighted by atomic mass is 9.84. The Morgan fingerprint density at radius 3 is 2.71 bits per heavy atom. The molecule has 7 heterocycles. The highest BCUT2D eigenvalue weighted by Crippen LogP contribution is 2.28. The molecule has 10 nitrogen and oxygen atoms in total. The molecule has 2 aromatic rings. The van der Waals surface area contributed by atoms with Crippen LogP contribution >= 0.6 is 0 Å². The highest BCUT2D eigenvalue weighted by molar-refractivity contribution is 6.14. The van der Waals surface area contributed by atoms with Gasteiger partial charge in [-0.05, 0) is 77.0 Å². The van der Waals surface area contributed by atoms with E-state index < -0.39 is 0 Å². The molecular weight excluding hydrogens is 444 g/mol. The van der Waals surface area contributed by atoms with E-state index >= 15 is 0 Å². The first kappa shape index (κ1) is 22.2. The van der Waals surface area contributed by atoms with E-state index in [4.69, 9.17) is 0 Å². The fourth-order valence-corrected chi connectivity index (χ4v) is 5.72. The number of aliphatic imine (C=N–C) groups is 1. The molecule has 7 rings (SSSR count). The maximum absolute atomic E-state index is 12.7. The van der Waals surface area contributed by atoms with Crippen molar-refractivity contribution >= 4 is 40.6 Å². The third kappa shape index (κ3) is 4.55. The monoisotopic (exact) mass is 476 g/mol. The highest BCUT2D eigenvalue weighted by Gasteiger charge is 2.35. The number of fused-ring (bicyclic) bond motifs is 4. The van der Waals surface area contributed by atoms with Gasteiger partial charge in [0.25, 0.3) is 5.91 Å². The number of hydrogen-bond donors (Lipinski definition) is 4. The van der Waals surface area contributed by atoms with Crippen LogP contribution in [-0.4, -0.2) is 83.4 Å². The minimum atomic E-state index is -0.220. The van der Waals surface area contributed by atoms with Crippen LogP contribution in [-0.2, 0) is 9.59 Å². The molecule has 2 aromatic heterocycles. The Labute approximate surface area is 204 Å². The molecule has 0 radical (unpaired) electrons. The summed E-state index contributed by atoms with van der Waals surface area (Å²) >= 11 is 0. The summed E-state index contributed by atoms with van der Waals surface area (Å²) in [4.78, 5) is 42.2. The van der Waals surface area contributed by atoms with Gasteiger partial charge in [-0.3, -0.25) is 14.9 Å². The third-order valence-corrected chi connectivity index (χ3v) is 7.89. The van der Waals surface area contributed by atoms with Crippen LogP contribution in [0.1, 0.15) is 31.2 Å². The van der Waals surface area contributed by atoms with Crippen LogP contribution < -0.4 is 16.0 Å². The number of likely N-dealkylation sites (tertiary alicyclic amines) is 1. The lowest BCUT2D eigenvalue weighted by Crippen LogP contribution is -2.58. The number of anilines is 1. The Kier molecular flexibility index (Phi) is 5.77. The molecule has 5 aliphatic heterocycles. The Morgan fingerprint density at radius 1 is 1.17 bits per heavy atom. The number of aromatic nitrogens is 2. The predicted molar refractivity (Wildman–Crippen MR) is 135 cm³/mol. The maximum Gasteiger partial charge on any atom is 0.276 e. The minimum Gasteiger partial charge on any atom is -0.351 e. The van der Waals surface area contributed by atoms with Gasteiger partial charge in [0.2, 0.25) is 11.9 Å². The number of rotatable bonds is 4. The van der Waals surface area contributed by atoms with Crippen molar-refractivity contribution in [2.24, 2.45) is 16.8 Å². The summed E-state index contributed by atoms with van der Waals surface area (Å²) in [7, 11) is 2.08. The smallest absolute Gasteiger partial charge is 0.276 e. The Bertz CT molecular complexity index is 1200. The quantitative estimate of drug-likeness (QED) is 0.495. The minimum absolute atomic E-state index is 0.0216. The molecule has 0 aliphatic carbocycles. The zero-order valence-corrected chi connectivity index (χ0v) is 20.0. The van der Waals surface area contributed by atoms with Crippen molar-refractivity contribution < 1.29 is 9.59 Å². The molecule has 1 unspecified atom stereocenters. The normalized spacial score (nSPS) is 28.4. The van der Waals surface area contributed by atoms with E-state index in [-0.39, 0.29) is 17.7 Å². The molecular formula is C25H32N8O2. The molecule has 2 bridgehead atoms. The van der Waals surface area contributed by atoms with Crippen molar-refractivity contribution in [3.05, 3.63) is 29.7 Å². The second-order valence-corrected chi connectivity index (χ2v) is 10.3. The molecule has 4 N–H and O–H groups in total. The van der Waals surface area contributed by atoms with Crippen molar-refractivity contribution in [3.63, 3.8) is 0 Å². The van der Waals surface area contributed by atoms with Gasteiger partial charge in [-0.25, -0.2) is 9.98 Å². The molecule has 4 fully saturated rings. The van der Waals surface area contributed by atoms with Crippen molar-refractivity contribution in [2.45, 2.75) is 31.7 Å². The van der Waals surface area contributed by atoms with E-state index in [2.05, 4.69) is 47.8 Å². The summed E-state index contributed by atoms with van der Waals surface area (Å²) in [5.41, 5.74) is 2.52. The van der Waals surface area contributed by atoms with Crippen LogP contribution in [0.15, 0.2) is 29.1 Å². The molecule has 5 aliphatic rings. The van der Waals surface area contributed by atoms with Crippen LogP contribution in [0.2, 0.25) is 0 Å². The maximum atomic E-state index is 12.7. The molecule has 0 aromatic carbocycles. The van der Waals surface area contributed by atoms with Crippen LogP contribution in [0.25, 0.3) is 17.1 Å². The van der Waals surface area contributed by atoms with E-state index in [9.17, 15) is 9.59 Å². The number of hydrogen-bond acceptors (Lipinski definition) is 7. The Morgan fingerprint density at radius 2 is 1.97 bits per heavy atom. The van der Waals surface area contributed by atoms with Gasteiger partial charge in [0.1, 0.15) is 11.3 Å². The number of nitrogens with zero attached hydrogens (tertiary/aromatic N) is 4. The summed E-state index contributed by atoms with van der Waals surface area (Å²) in [6.07, 6.45) is 9.36. The number of amides is 2. The number of pyridine rings is 1. The van der Waals surface area contributed by atoms with Crippen molar-refractivity contribution in [3.8, 4) is 0 Å². The number of carbonyl (C=O) groups is 2. The molecule has 10 heteroatoms. The van der Waals surface area contributed by atoms with Gasteiger partial charge >= 0.3 is 0 Å². The second kappa shape index (κ2) is 9.09. The molecule has 35 heavy (non-hydrogen) atoms. The van der Waals surface area contributed by atoms with Crippen molar-refractivity contribution in [1.29, 1.82) is 0 Å². The van der Waals surface area contributed by atoms with Crippen molar-refractivity contribution in [1.82, 2.24) is 30.4 Å². The van der Waals surface area contributed by atoms with Gasteiger partial charge in [-0.1, -0.05) is 0 Å². The van der Waals surface area contributed by atoms with E-state index in [0.717, 1.165) is 43.4 Å². The summed E-state index contributed by atoms with van der Waals surface area (Å²) < 4.78 is 0. The average molecular weight is 477 g/mol. The van der Waals surface area contributed by atoms with Crippen LogP contribution in [0.3, 0.4) is 0 Å². The second-order valence-electron chi connectivity index (χ2n) is 10.3. The number of nitrogens with one attached hydrogen (secondary N) is 4. The van der Waals surface area contributed by atoms with Crippen molar-refractivity contribution in [2.75, 3.05) is 45.1 Å². The van der Waals surface area contributed by atoms with Crippen LogP contribution in [0.4, 0.5) is 5.69 Å². The number of H-pyrrole nitrogens is 1. The van der Waals surface area contributed by atoms with E-state index in [1.165, 1.54) is 25.9 Å². The number of carbonyl (C=O) groups excluding carboxylic acids is 2. The zero-order valence-electron chi connectivity index (χ0n) is 20.0. The average Bonchev–Trinajstić information content (AvgIpc) is 3.42. The summed E-state index contributed by atoms with van der Waals surface area (Å²) in [5.74, 6) is 1.01. The first-order chi connectivity index (χ1) is 17.0. The summed E-state index contributed by atoms with van der Waals surface area (Å²) in [6.45, 7) is 5.20. The topological polar surface area (TPSA) is 118 Å². The first-order valence-corrected chi connectivity index (χ1v) is 12.6. The van der Waals surface area contributed by atoms with E-state index in [1.807, 2.05) is 12.3 Å². The van der Waals surface area contributed by atoms with Gasteiger partial charge in [0.05, 0.1) is 11.9 Å². The lowest BCUT2D eigenvalue weighted by molar-refractivity contribution is -0.121. The highest BCUT2D eigenvalue weighted by atomic mass is 16.2. The molecule has 4 saturated heterocycles. The van der Waals surface area contributed by atoms with Gasteiger partial charge < -0.3 is 25.4 Å². The van der Waals surface area contributed by atoms with Crippen LogP contribution in [0.5, 0.6) is 0 Å². The molecule has 2 amide bonds. The SMILES string of the molecule is CN1CCC(C(=O)Nc2cnc3[nH]cc(/C=C4/N=C(NC5CN6CCC5CC6)NC4=O)c3c2)CC1. The molecule has 1 atom stereocenters. The largest absolute Gasteiger partial charge is 0.351 e. The van der Waals surface area contributed by atoms with Gasteiger partial charge in [0.15, 0.2) is 0 Å². The van der Waals surface area contributed by atoms with Gasteiger partial charge in [0, 0.05) is 35.7 Å². The molecule has 0 spiro atoms. The Hall–Kier alpha value is -3.24. The third-order valence-electron chi connectivity index (χ3n) is 7.89. The predicted octanol–water partition coefficient (Wildman–Crippen LogP) is 1.35. The number of guanidine groups is 1. The molecule has 0 saturated carbocycles. The first-order valence-electron chi connectivity index (χ1n) is 12.6. The fraction of sp³-hybridized carbons (Fsp3) is 0.520. The lowest BCUT2D eigenvalue weighted by Gasteiger charge is -2.45. The zero-order chi connectivity index (χ0) is 23.9. The van der Waals surface area contributed by atoms with E-state index in [0.29, 0.717) is 35.0 Å². The van der Waals surface area contributed by atoms with E-state index in [1.54, 1.807) is 12.3 Å². The number of aromatic amines is 1. The summed E-state index contributed by atoms with van der Waals surface area (Å²) in [5, 5.41) is 10.2.